The number of hydrogen-bond donors (Lipinski definition) is 1. The molecule has 1 aromatic heterocycles. The molecule has 2 aromatic rings. The van der Waals surface area contributed by atoms with Crippen molar-refractivity contribution >= 4 is 38.9 Å². The van der Waals surface area contributed by atoms with E-state index in [9.17, 15) is 0 Å². The third kappa shape index (κ3) is 3.35. The van der Waals surface area contributed by atoms with Gasteiger partial charge in [0, 0.05) is 27.0 Å². The number of nitrogens with one attached hydrogen (secondary N) is 1. The molecular weight excluding hydrogens is 330 g/mol. The van der Waals surface area contributed by atoms with Crippen LogP contribution in [0.5, 0.6) is 0 Å². The lowest BCUT2D eigenvalue weighted by Crippen LogP contribution is -2.22. The van der Waals surface area contributed by atoms with E-state index in [0.717, 1.165) is 16.0 Å². The third-order valence-corrected chi connectivity index (χ3v) is 4.74. The van der Waals surface area contributed by atoms with Crippen molar-refractivity contribution in [2.75, 3.05) is 0 Å². The van der Waals surface area contributed by atoms with Crippen molar-refractivity contribution in [2.24, 2.45) is 0 Å². The third-order valence-electron chi connectivity index (χ3n) is 2.63. The van der Waals surface area contributed by atoms with Crippen LogP contribution in [-0.2, 0) is 6.54 Å². The first kappa shape index (κ1) is 14.1. The zero-order chi connectivity index (χ0) is 13.1. The highest BCUT2D eigenvalue weighted by Crippen LogP contribution is 2.36. The molecule has 1 heterocycles. The van der Waals surface area contributed by atoms with E-state index in [1.54, 1.807) is 11.3 Å². The normalized spacial score (nSPS) is 11.2. The number of rotatable bonds is 4. The minimum absolute atomic E-state index is 0.462. The van der Waals surface area contributed by atoms with Crippen LogP contribution in [-0.4, -0.2) is 6.04 Å². The van der Waals surface area contributed by atoms with Crippen LogP contribution in [0, 0.1) is 0 Å². The summed E-state index contributed by atoms with van der Waals surface area (Å²) in [6.45, 7) is 5.12. The number of benzene rings is 1. The van der Waals surface area contributed by atoms with Gasteiger partial charge in [0.1, 0.15) is 0 Å². The molecule has 0 aliphatic carbocycles. The van der Waals surface area contributed by atoms with Gasteiger partial charge in [0.15, 0.2) is 0 Å². The molecule has 0 bridgehead atoms. The highest BCUT2D eigenvalue weighted by molar-refractivity contribution is 9.10. The van der Waals surface area contributed by atoms with E-state index in [-0.39, 0.29) is 0 Å². The van der Waals surface area contributed by atoms with E-state index in [1.807, 2.05) is 12.1 Å². The monoisotopic (exact) mass is 343 g/mol. The van der Waals surface area contributed by atoms with Gasteiger partial charge in [-0.15, -0.1) is 11.3 Å². The number of halogens is 2. The lowest BCUT2D eigenvalue weighted by molar-refractivity contribution is 0.589. The van der Waals surface area contributed by atoms with E-state index in [4.69, 9.17) is 11.6 Å². The SMILES string of the molecule is CC(C)NCc1cc(Cl)ccc1-c1sccc1Br. The molecule has 0 saturated carbocycles. The molecule has 0 spiro atoms. The molecule has 2 rings (SSSR count). The Bertz CT molecular complexity index is 536. The van der Waals surface area contributed by atoms with Crippen molar-refractivity contribution < 1.29 is 0 Å². The molecule has 0 fully saturated rings. The fraction of sp³-hybridized carbons (Fsp3) is 0.286. The van der Waals surface area contributed by atoms with Crippen LogP contribution in [0.1, 0.15) is 19.4 Å². The molecule has 0 radical (unpaired) electrons. The fourth-order valence-corrected chi connectivity index (χ4v) is 3.57. The average molecular weight is 345 g/mol. The molecule has 0 aliphatic heterocycles. The summed E-state index contributed by atoms with van der Waals surface area (Å²) < 4.78 is 1.14. The highest BCUT2D eigenvalue weighted by Gasteiger charge is 2.10. The van der Waals surface area contributed by atoms with Crippen LogP contribution < -0.4 is 5.32 Å². The molecule has 0 atom stereocenters. The second kappa shape index (κ2) is 6.20. The van der Waals surface area contributed by atoms with Gasteiger partial charge in [-0.25, -0.2) is 0 Å². The maximum atomic E-state index is 6.10. The number of hydrogen-bond acceptors (Lipinski definition) is 2. The van der Waals surface area contributed by atoms with E-state index >= 15 is 0 Å². The highest BCUT2D eigenvalue weighted by atomic mass is 79.9. The molecule has 0 amide bonds. The van der Waals surface area contributed by atoms with Gasteiger partial charge in [-0.2, -0.15) is 0 Å². The first-order valence-corrected chi connectivity index (χ1v) is 7.88. The van der Waals surface area contributed by atoms with Crippen molar-refractivity contribution in [3.63, 3.8) is 0 Å². The molecule has 0 unspecified atom stereocenters. The van der Waals surface area contributed by atoms with E-state index < -0.39 is 0 Å². The minimum atomic E-state index is 0.462. The fourth-order valence-electron chi connectivity index (χ4n) is 1.73. The smallest absolute Gasteiger partial charge is 0.0488 e. The Balaban J connectivity index is 2.37. The summed E-state index contributed by atoms with van der Waals surface area (Å²) in [6, 6.07) is 8.62. The van der Waals surface area contributed by atoms with Crippen molar-refractivity contribution in [3.05, 3.63) is 44.7 Å². The zero-order valence-electron chi connectivity index (χ0n) is 10.3. The van der Waals surface area contributed by atoms with Crippen molar-refractivity contribution in [1.82, 2.24) is 5.32 Å². The molecule has 1 aromatic carbocycles. The standard InChI is InChI=1S/C14H15BrClNS/c1-9(2)17-8-10-7-11(16)3-4-12(10)14-13(15)5-6-18-14/h3-7,9,17H,8H2,1-2H3. The summed E-state index contributed by atoms with van der Waals surface area (Å²) in [7, 11) is 0. The second-order valence-electron chi connectivity index (χ2n) is 4.43. The Kier molecular flexibility index (Phi) is 4.84. The largest absolute Gasteiger partial charge is 0.310 e. The summed E-state index contributed by atoms with van der Waals surface area (Å²) in [5, 5.41) is 6.32. The van der Waals surface area contributed by atoms with Gasteiger partial charge in [-0.05, 0) is 50.6 Å². The Morgan fingerprint density at radius 1 is 1.33 bits per heavy atom. The maximum Gasteiger partial charge on any atom is 0.0488 e. The Labute approximate surface area is 125 Å². The lowest BCUT2D eigenvalue weighted by atomic mass is 10.1. The van der Waals surface area contributed by atoms with Gasteiger partial charge in [-0.3, -0.25) is 0 Å². The van der Waals surface area contributed by atoms with Crippen molar-refractivity contribution in [2.45, 2.75) is 26.4 Å². The Hall–Kier alpha value is -0.350. The van der Waals surface area contributed by atoms with Crippen molar-refractivity contribution in [1.29, 1.82) is 0 Å². The Morgan fingerprint density at radius 2 is 2.11 bits per heavy atom. The summed E-state index contributed by atoms with van der Waals surface area (Å²) in [5.74, 6) is 0. The predicted octanol–water partition coefficient (Wildman–Crippen LogP) is 5.33. The van der Waals surface area contributed by atoms with E-state index in [0.29, 0.717) is 6.04 Å². The molecule has 1 N–H and O–H groups in total. The van der Waals surface area contributed by atoms with Gasteiger partial charge < -0.3 is 5.32 Å². The maximum absolute atomic E-state index is 6.10. The summed E-state index contributed by atoms with van der Waals surface area (Å²) in [4.78, 5) is 1.26. The molecule has 18 heavy (non-hydrogen) atoms. The molecule has 96 valence electrons. The van der Waals surface area contributed by atoms with Gasteiger partial charge in [0.05, 0.1) is 0 Å². The Morgan fingerprint density at radius 3 is 2.72 bits per heavy atom. The zero-order valence-corrected chi connectivity index (χ0v) is 13.5. The summed E-state index contributed by atoms with van der Waals surface area (Å²) in [6.07, 6.45) is 0. The first-order valence-electron chi connectivity index (χ1n) is 5.83. The van der Waals surface area contributed by atoms with Gasteiger partial charge >= 0.3 is 0 Å². The van der Waals surface area contributed by atoms with Gasteiger partial charge in [-0.1, -0.05) is 31.5 Å². The second-order valence-corrected chi connectivity index (χ2v) is 6.64. The average Bonchev–Trinajstić information content (AvgIpc) is 2.73. The predicted molar refractivity (Wildman–Crippen MR) is 84.4 cm³/mol. The molecular formula is C14H15BrClNS. The van der Waals surface area contributed by atoms with Crippen LogP contribution in [0.3, 0.4) is 0 Å². The lowest BCUT2D eigenvalue weighted by Gasteiger charge is -2.12. The topological polar surface area (TPSA) is 12.0 Å². The minimum Gasteiger partial charge on any atom is -0.310 e. The van der Waals surface area contributed by atoms with Crippen LogP contribution in [0.2, 0.25) is 5.02 Å². The van der Waals surface area contributed by atoms with Crippen LogP contribution >= 0.6 is 38.9 Å². The summed E-state index contributed by atoms with van der Waals surface area (Å²) in [5.41, 5.74) is 2.48. The quantitative estimate of drug-likeness (QED) is 0.790. The van der Waals surface area contributed by atoms with Crippen molar-refractivity contribution in [3.8, 4) is 10.4 Å². The molecule has 0 aliphatic rings. The first-order chi connectivity index (χ1) is 8.58. The van der Waals surface area contributed by atoms with Gasteiger partial charge in [0.25, 0.3) is 0 Å². The molecule has 1 nitrogen and oxygen atoms in total. The van der Waals surface area contributed by atoms with Crippen LogP contribution in [0.25, 0.3) is 10.4 Å². The van der Waals surface area contributed by atoms with Crippen LogP contribution in [0.4, 0.5) is 0 Å². The molecule has 0 saturated heterocycles. The van der Waals surface area contributed by atoms with Crippen LogP contribution in [0.15, 0.2) is 34.1 Å². The number of thiophene rings is 1. The summed E-state index contributed by atoms with van der Waals surface area (Å²) >= 11 is 11.4. The van der Waals surface area contributed by atoms with E-state index in [1.165, 1.54) is 16.0 Å². The molecule has 4 heteroatoms. The van der Waals surface area contributed by atoms with E-state index in [2.05, 4.69) is 52.6 Å². The van der Waals surface area contributed by atoms with Gasteiger partial charge in [0.2, 0.25) is 0 Å².